The molecule has 2 saturated heterocycles. The van der Waals surface area contributed by atoms with E-state index in [1.807, 2.05) is 6.92 Å². The van der Waals surface area contributed by atoms with Crippen molar-refractivity contribution in [2.24, 2.45) is 17.8 Å². The molecule has 6 nitrogen and oxygen atoms in total. The average molecular weight is 290 g/mol. The van der Waals surface area contributed by atoms with E-state index >= 15 is 0 Å². The van der Waals surface area contributed by atoms with E-state index in [1.165, 1.54) is 23.9 Å². The lowest BCUT2D eigenvalue weighted by Crippen LogP contribution is -2.32. The Labute approximate surface area is 122 Å². The molecule has 0 aromatic heterocycles. The highest BCUT2D eigenvalue weighted by Crippen LogP contribution is 2.44. The molecule has 0 radical (unpaired) electrons. The average Bonchev–Trinajstić information content (AvgIpc) is 2.83. The number of fused-ring (bicyclic) bond motifs is 1. The molecular formula is C15H18N2O4. The highest BCUT2D eigenvalue weighted by molar-refractivity contribution is 6.15. The zero-order valence-corrected chi connectivity index (χ0v) is 12.4. The lowest BCUT2D eigenvalue weighted by atomic mass is 9.72. The zero-order valence-electron chi connectivity index (χ0n) is 12.4. The van der Waals surface area contributed by atoms with Gasteiger partial charge in [-0.05, 0) is 25.7 Å². The fourth-order valence-corrected chi connectivity index (χ4v) is 3.83. The summed E-state index contributed by atoms with van der Waals surface area (Å²) < 4.78 is 0. The molecule has 3 atom stereocenters. The molecule has 3 aliphatic rings. The Morgan fingerprint density at radius 1 is 0.952 bits per heavy atom. The second-order valence-corrected chi connectivity index (χ2v) is 6.25. The molecule has 6 heteroatoms. The maximum Gasteiger partial charge on any atom is 0.256 e. The summed E-state index contributed by atoms with van der Waals surface area (Å²) in [5, 5.41) is 0. The van der Waals surface area contributed by atoms with Gasteiger partial charge in [0.15, 0.2) is 0 Å². The van der Waals surface area contributed by atoms with Crippen LogP contribution in [0.3, 0.4) is 0 Å². The maximum atomic E-state index is 12.2. The van der Waals surface area contributed by atoms with E-state index in [9.17, 15) is 19.2 Å². The van der Waals surface area contributed by atoms with Gasteiger partial charge in [-0.3, -0.25) is 29.0 Å². The minimum atomic E-state index is -0.435. The Balaban J connectivity index is 1.90. The monoisotopic (exact) mass is 290 g/mol. The molecule has 2 fully saturated rings. The highest BCUT2D eigenvalue weighted by Gasteiger charge is 2.49. The molecule has 0 bridgehead atoms. The molecule has 1 aliphatic carbocycles. The van der Waals surface area contributed by atoms with Crippen molar-refractivity contribution in [3.8, 4) is 0 Å². The van der Waals surface area contributed by atoms with Gasteiger partial charge in [-0.25, -0.2) is 0 Å². The van der Waals surface area contributed by atoms with Crippen LogP contribution in [0, 0.1) is 17.8 Å². The van der Waals surface area contributed by atoms with Crippen LogP contribution in [-0.2, 0) is 19.2 Å². The minimum Gasteiger partial charge on any atom is -0.285 e. The number of carbonyl (C=O) groups is 4. The first-order chi connectivity index (χ1) is 9.82. The number of likely N-dealkylation sites (N-methyl/N-ethyl adjacent to an activating group) is 1. The number of rotatable bonds is 1. The van der Waals surface area contributed by atoms with Crippen molar-refractivity contribution in [2.45, 2.75) is 26.2 Å². The molecule has 0 spiro atoms. The van der Waals surface area contributed by atoms with Gasteiger partial charge in [0.05, 0.1) is 11.8 Å². The van der Waals surface area contributed by atoms with E-state index in [2.05, 4.69) is 0 Å². The van der Waals surface area contributed by atoms with Crippen molar-refractivity contribution in [3.05, 3.63) is 11.1 Å². The number of nitrogens with zero attached hydrogens (tertiary/aromatic N) is 2. The van der Waals surface area contributed by atoms with Crippen LogP contribution in [0.5, 0.6) is 0 Å². The molecule has 2 aliphatic heterocycles. The van der Waals surface area contributed by atoms with Crippen molar-refractivity contribution in [2.75, 3.05) is 14.1 Å². The van der Waals surface area contributed by atoms with E-state index in [-0.39, 0.29) is 41.9 Å². The Bertz CT molecular complexity index is 607. The number of hydrogen-bond donors (Lipinski definition) is 0. The van der Waals surface area contributed by atoms with E-state index < -0.39 is 5.92 Å². The second kappa shape index (κ2) is 4.51. The topological polar surface area (TPSA) is 74.8 Å². The maximum absolute atomic E-state index is 12.2. The zero-order chi connectivity index (χ0) is 15.5. The molecule has 0 saturated carbocycles. The summed E-state index contributed by atoms with van der Waals surface area (Å²) in [6.07, 6.45) is 1.31. The van der Waals surface area contributed by atoms with Crippen LogP contribution in [0.4, 0.5) is 0 Å². The van der Waals surface area contributed by atoms with Gasteiger partial charge in [0.1, 0.15) is 0 Å². The molecule has 4 amide bonds. The summed E-state index contributed by atoms with van der Waals surface area (Å²) in [6, 6.07) is 0. The number of carbonyl (C=O) groups excluding carboxylic acids is 4. The summed E-state index contributed by atoms with van der Waals surface area (Å²) in [6.45, 7) is 1.85. The lowest BCUT2D eigenvalue weighted by Gasteiger charge is -2.29. The third-order valence-electron chi connectivity index (χ3n) is 5.06. The molecule has 0 N–H and O–H groups in total. The normalized spacial score (nSPS) is 33.4. The van der Waals surface area contributed by atoms with Crippen LogP contribution < -0.4 is 0 Å². The van der Waals surface area contributed by atoms with Crippen LogP contribution in [0.15, 0.2) is 11.1 Å². The number of hydrogen-bond acceptors (Lipinski definition) is 4. The van der Waals surface area contributed by atoms with Crippen LogP contribution in [-0.4, -0.2) is 47.5 Å². The fraction of sp³-hybridized carbons (Fsp3) is 0.600. The van der Waals surface area contributed by atoms with E-state index in [0.29, 0.717) is 18.4 Å². The van der Waals surface area contributed by atoms with Crippen LogP contribution in [0.1, 0.15) is 26.2 Å². The first kappa shape index (κ1) is 14.0. The molecule has 0 aromatic carbocycles. The molecule has 0 aromatic rings. The third kappa shape index (κ3) is 1.85. The quantitative estimate of drug-likeness (QED) is 0.652. The summed E-state index contributed by atoms with van der Waals surface area (Å²) in [4.78, 5) is 50.4. The number of amides is 4. The van der Waals surface area contributed by atoms with Crippen LogP contribution in [0.25, 0.3) is 0 Å². The molecule has 2 heterocycles. The number of likely N-dealkylation sites (tertiary alicyclic amines) is 2. The Hall–Kier alpha value is -1.98. The summed E-state index contributed by atoms with van der Waals surface area (Å²) in [5.41, 5.74) is 1.48. The molecular weight excluding hydrogens is 272 g/mol. The standard InChI is InChI=1S/C15H18N2O4/c1-7-4-8(9-6-11(18)16(2)13(9)19)5-10-12(7)15(21)17(3)14(10)20/h8-10H,4-6H2,1-3H3. The number of allylic oxidation sites excluding steroid dienone is 1. The Kier molecular flexibility index (Phi) is 3.00. The first-order valence-corrected chi connectivity index (χ1v) is 7.14. The Morgan fingerprint density at radius 2 is 1.62 bits per heavy atom. The van der Waals surface area contributed by atoms with Crippen LogP contribution in [0.2, 0.25) is 0 Å². The van der Waals surface area contributed by atoms with Gasteiger partial charge in [-0.15, -0.1) is 0 Å². The summed E-state index contributed by atoms with van der Waals surface area (Å²) in [7, 11) is 3.00. The SMILES string of the molecule is CC1=C2C(=O)N(C)C(=O)C2CC(C2CC(=O)N(C)C2=O)C1. The Morgan fingerprint density at radius 3 is 2.19 bits per heavy atom. The predicted molar refractivity (Wildman–Crippen MR) is 72.6 cm³/mol. The molecule has 3 unspecified atom stereocenters. The van der Waals surface area contributed by atoms with Gasteiger partial charge in [0.2, 0.25) is 17.7 Å². The minimum absolute atomic E-state index is 0.0385. The van der Waals surface area contributed by atoms with Gasteiger partial charge in [0, 0.05) is 26.1 Å². The van der Waals surface area contributed by atoms with Gasteiger partial charge in [-0.1, -0.05) is 5.57 Å². The van der Waals surface area contributed by atoms with E-state index in [1.54, 1.807) is 0 Å². The van der Waals surface area contributed by atoms with Crippen molar-refractivity contribution in [1.29, 1.82) is 0 Å². The lowest BCUT2D eigenvalue weighted by molar-refractivity contribution is -0.140. The summed E-state index contributed by atoms with van der Waals surface area (Å²) >= 11 is 0. The largest absolute Gasteiger partial charge is 0.285 e. The van der Waals surface area contributed by atoms with Crippen molar-refractivity contribution in [3.63, 3.8) is 0 Å². The first-order valence-electron chi connectivity index (χ1n) is 7.14. The van der Waals surface area contributed by atoms with Gasteiger partial charge in [0.25, 0.3) is 5.91 Å². The van der Waals surface area contributed by atoms with Gasteiger partial charge >= 0.3 is 0 Å². The molecule has 3 rings (SSSR count). The van der Waals surface area contributed by atoms with E-state index in [4.69, 9.17) is 0 Å². The van der Waals surface area contributed by atoms with Crippen molar-refractivity contribution >= 4 is 23.6 Å². The summed E-state index contributed by atoms with van der Waals surface area (Å²) in [5.74, 6) is -1.56. The van der Waals surface area contributed by atoms with Crippen LogP contribution >= 0.6 is 0 Å². The smallest absolute Gasteiger partial charge is 0.256 e. The van der Waals surface area contributed by atoms with Gasteiger partial charge in [-0.2, -0.15) is 0 Å². The van der Waals surface area contributed by atoms with Crippen molar-refractivity contribution < 1.29 is 19.2 Å². The third-order valence-corrected chi connectivity index (χ3v) is 5.06. The number of imide groups is 2. The fourth-order valence-electron chi connectivity index (χ4n) is 3.83. The molecule has 21 heavy (non-hydrogen) atoms. The molecule has 112 valence electrons. The van der Waals surface area contributed by atoms with E-state index in [0.717, 1.165) is 5.57 Å². The predicted octanol–water partition coefficient (Wildman–Crippen LogP) is 0.333. The van der Waals surface area contributed by atoms with Crippen molar-refractivity contribution in [1.82, 2.24) is 9.80 Å². The van der Waals surface area contributed by atoms with Gasteiger partial charge < -0.3 is 0 Å². The second-order valence-electron chi connectivity index (χ2n) is 6.25. The highest BCUT2D eigenvalue weighted by atomic mass is 16.2.